The Balaban J connectivity index is 2.00. The molecular weight excluding hydrogens is 296 g/mol. The quantitative estimate of drug-likeness (QED) is 0.641. The topological polar surface area (TPSA) is 52.2 Å². The molecule has 1 aliphatic rings. The fourth-order valence-electron chi connectivity index (χ4n) is 3.56. The van der Waals surface area contributed by atoms with Gasteiger partial charge in [-0.25, -0.2) is 0 Å². The Kier molecular flexibility index (Phi) is 2.79. The van der Waals surface area contributed by atoms with E-state index < -0.39 is 0 Å². The summed E-state index contributed by atoms with van der Waals surface area (Å²) in [4.78, 5) is 15.1. The molecule has 1 aliphatic carbocycles. The molecule has 5 nitrogen and oxygen atoms in total. The van der Waals surface area contributed by atoms with E-state index in [-0.39, 0.29) is 5.56 Å². The lowest BCUT2D eigenvalue weighted by Gasteiger charge is -2.33. The third-order valence-electron chi connectivity index (χ3n) is 5.04. The molecule has 0 radical (unpaired) electrons. The summed E-state index contributed by atoms with van der Waals surface area (Å²) >= 11 is 1.75. The Morgan fingerprint density at radius 2 is 2.14 bits per heavy atom. The fourth-order valence-corrected chi connectivity index (χ4v) is 4.95. The predicted octanol–water partition coefficient (Wildman–Crippen LogP) is 2.79. The zero-order valence-corrected chi connectivity index (χ0v) is 14.2. The Morgan fingerprint density at radius 1 is 1.36 bits per heavy atom. The molecule has 3 aromatic rings. The smallest absolute Gasteiger partial charge is 0.263 e. The first-order chi connectivity index (χ1) is 10.4. The van der Waals surface area contributed by atoms with Crippen LogP contribution in [0.3, 0.4) is 0 Å². The molecule has 0 aliphatic heterocycles. The first-order valence-electron chi connectivity index (χ1n) is 7.71. The van der Waals surface area contributed by atoms with Crippen molar-refractivity contribution in [1.82, 2.24) is 19.2 Å². The predicted molar refractivity (Wildman–Crippen MR) is 88.6 cm³/mol. The van der Waals surface area contributed by atoms with Crippen LogP contribution in [0.1, 0.15) is 37.6 Å². The molecule has 6 heteroatoms. The normalized spacial score (nSPS) is 19.0. The van der Waals surface area contributed by atoms with Crippen LogP contribution >= 0.6 is 11.3 Å². The zero-order chi connectivity index (χ0) is 15.6. The van der Waals surface area contributed by atoms with Gasteiger partial charge >= 0.3 is 0 Å². The maximum absolute atomic E-state index is 12.7. The van der Waals surface area contributed by atoms with Crippen molar-refractivity contribution in [3.8, 4) is 0 Å². The summed E-state index contributed by atoms with van der Waals surface area (Å²) in [6.07, 6.45) is 4.94. The number of nitrogens with zero attached hydrogens (tertiary/aromatic N) is 4. The van der Waals surface area contributed by atoms with Crippen LogP contribution < -0.4 is 5.56 Å². The first kappa shape index (κ1) is 13.9. The highest BCUT2D eigenvalue weighted by Crippen LogP contribution is 2.42. The zero-order valence-electron chi connectivity index (χ0n) is 13.4. The van der Waals surface area contributed by atoms with Gasteiger partial charge < -0.3 is 0 Å². The minimum atomic E-state index is 0.0576. The first-order valence-corrected chi connectivity index (χ1v) is 8.52. The van der Waals surface area contributed by atoms with Crippen LogP contribution in [0.4, 0.5) is 0 Å². The standard InChI is InChI=1S/C16H20N4OS/c1-16(2,3)9-5-6-10-11(7-9)22-14-12(10)13(21)19(4)15-18-17-8-20(14)15/h8-9H,5-7H2,1-4H3/t9-/m1/s1. The average Bonchev–Trinajstić information content (AvgIpc) is 3.07. The van der Waals surface area contributed by atoms with Gasteiger partial charge in [0.1, 0.15) is 11.2 Å². The molecule has 116 valence electrons. The molecule has 22 heavy (non-hydrogen) atoms. The van der Waals surface area contributed by atoms with Gasteiger partial charge in [-0.1, -0.05) is 20.8 Å². The number of hydrogen-bond donors (Lipinski definition) is 0. The third kappa shape index (κ3) is 1.79. The van der Waals surface area contributed by atoms with Crippen molar-refractivity contribution < 1.29 is 0 Å². The molecule has 0 amide bonds. The summed E-state index contributed by atoms with van der Waals surface area (Å²) in [5, 5.41) is 8.92. The second kappa shape index (κ2) is 4.41. The van der Waals surface area contributed by atoms with Gasteiger partial charge in [-0.15, -0.1) is 21.5 Å². The molecule has 0 unspecified atom stereocenters. The highest BCUT2D eigenvalue weighted by Gasteiger charge is 2.32. The highest BCUT2D eigenvalue weighted by molar-refractivity contribution is 7.18. The van der Waals surface area contributed by atoms with Crippen molar-refractivity contribution in [2.24, 2.45) is 18.4 Å². The number of fused-ring (bicyclic) bond motifs is 5. The maximum Gasteiger partial charge on any atom is 0.263 e. The van der Waals surface area contributed by atoms with Crippen LogP contribution in [0.2, 0.25) is 0 Å². The van der Waals surface area contributed by atoms with Crippen LogP contribution in [0, 0.1) is 11.3 Å². The molecule has 1 atom stereocenters. The number of aromatic nitrogens is 4. The van der Waals surface area contributed by atoms with Crippen LogP contribution in [0.25, 0.3) is 16.0 Å². The molecule has 0 fully saturated rings. The monoisotopic (exact) mass is 316 g/mol. The fraction of sp³-hybridized carbons (Fsp3) is 0.562. The van der Waals surface area contributed by atoms with E-state index in [1.165, 1.54) is 10.4 Å². The van der Waals surface area contributed by atoms with Gasteiger partial charge in [-0.05, 0) is 36.2 Å². The summed E-state index contributed by atoms with van der Waals surface area (Å²) in [7, 11) is 1.77. The minimum absolute atomic E-state index is 0.0576. The molecule has 0 spiro atoms. The average molecular weight is 316 g/mol. The lowest BCUT2D eigenvalue weighted by atomic mass is 9.72. The van der Waals surface area contributed by atoms with E-state index in [0.717, 1.165) is 29.5 Å². The number of thiophene rings is 1. The molecule has 3 aromatic heterocycles. The largest absolute Gasteiger partial charge is 0.279 e. The summed E-state index contributed by atoms with van der Waals surface area (Å²) in [5.41, 5.74) is 1.63. The van der Waals surface area contributed by atoms with E-state index in [4.69, 9.17) is 0 Å². The van der Waals surface area contributed by atoms with Gasteiger partial charge in [0, 0.05) is 11.9 Å². The number of aryl methyl sites for hydroxylation is 2. The number of rotatable bonds is 0. The maximum atomic E-state index is 12.7. The Hall–Kier alpha value is -1.69. The lowest BCUT2D eigenvalue weighted by Crippen LogP contribution is -2.27. The van der Waals surface area contributed by atoms with Crippen molar-refractivity contribution in [3.05, 3.63) is 27.1 Å². The third-order valence-corrected chi connectivity index (χ3v) is 6.29. The van der Waals surface area contributed by atoms with Crippen molar-refractivity contribution >= 4 is 27.3 Å². The minimum Gasteiger partial charge on any atom is -0.279 e. The second-order valence-electron chi connectivity index (χ2n) is 7.35. The molecule has 3 heterocycles. The van der Waals surface area contributed by atoms with Crippen LogP contribution in [0.5, 0.6) is 0 Å². The van der Waals surface area contributed by atoms with Crippen LogP contribution in [0.15, 0.2) is 11.1 Å². The molecule has 0 aromatic carbocycles. The molecule has 4 rings (SSSR count). The molecule has 0 saturated carbocycles. The van der Waals surface area contributed by atoms with Gasteiger partial charge in [0.25, 0.3) is 5.56 Å². The van der Waals surface area contributed by atoms with Crippen LogP contribution in [-0.4, -0.2) is 19.2 Å². The van der Waals surface area contributed by atoms with E-state index in [2.05, 4.69) is 31.0 Å². The van der Waals surface area contributed by atoms with Crippen LogP contribution in [-0.2, 0) is 19.9 Å². The van der Waals surface area contributed by atoms with Gasteiger partial charge in [-0.3, -0.25) is 13.8 Å². The van der Waals surface area contributed by atoms with E-state index in [9.17, 15) is 4.79 Å². The molecule has 0 saturated heterocycles. The van der Waals surface area contributed by atoms with Gasteiger partial charge in [0.05, 0.1) is 5.39 Å². The van der Waals surface area contributed by atoms with Gasteiger partial charge in [-0.2, -0.15) is 0 Å². The van der Waals surface area contributed by atoms with Crippen molar-refractivity contribution in [2.75, 3.05) is 0 Å². The summed E-state index contributed by atoms with van der Waals surface area (Å²) < 4.78 is 3.56. The van der Waals surface area contributed by atoms with Crippen molar-refractivity contribution in [3.63, 3.8) is 0 Å². The highest BCUT2D eigenvalue weighted by atomic mass is 32.1. The Morgan fingerprint density at radius 3 is 2.86 bits per heavy atom. The Bertz CT molecular complexity index is 941. The lowest BCUT2D eigenvalue weighted by molar-refractivity contribution is 0.218. The van der Waals surface area contributed by atoms with E-state index in [0.29, 0.717) is 17.1 Å². The van der Waals surface area contributed by atoms with Gasteiger partial charge in [0.2, 0.25) is 5.78 Å². The number of hydrogen-bond acceptors (Lipinski definition) is 4. The van der Waals surface area contributed by atoms with Crippen molar-refractivity contribution in [1.29, 1.82) is 0 Å². The van der Waals surface area contributed by atoms with E-state index in [1.54, 1.807) is 29.3 Å². The summed E-state index contributed by atoms with van der Waals surface area (Å²) in [6.45, 7) is 6.94. The summed E-state index contributed by atoms with van der Waals surface area (Å²) in [6, 6.07) is 0. The summed E-state index contributed by atoms with van der Waals surface area (Å²) in [5.74, 6) is 1.29. The van der Waals surface area contributed by atoms with E-state index >= 15 is 0 Å². The molecular formula is C16H20N4OS. The molecule has 0 N–H and O–H groups in total. The second-order valence-corrected chi connectivity index (χ2v) is 8.44. The molecule has 0 bridgehead atoms. The SMILES string of the molecule is Cn1c(=O)c2c3c(sc2n2cnnc12)C[C@H](C(C)(C)C)CC3. The van der Waals surface area contributed by atoms with Crippen molar-refractivity contribution in [2.45, 2.75) is 40.0 Å². The Labute approximate surface area is 132 Å². The van der Waals surface area contributed by atoms with E-state index in [1.807, 2.05) is 4.40 Å². The van der Waals surface area contributed by atoms with Gasteiger partial charge in [0.15, 0.2) is 0 Å².